The third-order valence-corrected chi connectivity index (χ3v) is 3.88. The Morgan fingerprint density at radius 3 is 2.89 bits per heavy atom. The van der Waals surface area contributed by atoms with Crippen molar-refractivity contribution in [3.05, 3.63) is 26.3 Å². The Labute approximate surface area is 120 Å². The summed E-state index contributed by atoms with van der Waals surface area (Å²) in [6.45, 7) is 4.58. The molecule has 0 fully saturated rings. The van der Waals surface area contributed by atoms with E-state index in [1.54, 1.807) is 6.92 Å². The molecule has 0 aliphatic rings. The molecule has 2 N–H and O–H groups in total. The van der Waals surface area contributed by atoms with Gasteiger partial charge in [-0.1, -0.05) is 6.92 Å². The third-order valence-electron chi connectivity index (χ3n) is 2.91. The number of halogens is 1. The molecular weight excluding hydrogens is 314 g/mol. The Morgan fingerprint density at radius 1 is 1.63 bits per heavy atom. The lowest BCUT2D eigenvalue weighted by Gasteiger charge is -2.11. The van der Waals surface area contributed by atoms with E-state index in [1.165, 1.54) is 6.20 Å². The highest BCUT2D eigenvalue weighted by Crippen LogP contribution is 2.30. The summed E-state index contributed by atoms with van der Waals surface area (Å²) in [6, 6.07) is 0. The number of nitro groups is 1. The molecule has 1 rings (SSSR count). The summed E-state index contributed by atoms with van der Waals surface area (Å²) in [4.78, 5) is 14.4. The summed E-state index contributed by atoms with van der Waals surface area (Å²) in [5.41, 5.74) is 0.567. The summed E-state index contributed by atoms with van der Waals surface area (Å²) in [6.07, 6.45) is 3.09. The van der Waals surface area contributed by atoms with Crippen molar-refractivity contribution in [3.8, 4) is 0 Å². The molecule has 1 atom stereocenters. The predicted octanol–water partition coefficient (Wildman–Crippen LogP) is 2.88. The number of aliphatic hydroxyl groups excluding tert-OH is 1. The molecule has 0 amide bonds. The van der Waals surface area contributed by atoms with Crippen LogP contribution in [0.15, 0.2) is 10.7 Å². The highest BCUT2D eigenvalue weighted by Gasteiger charge is 2.16. The number of aliphatic hydroxyl groups is 1. The number of anilines is 1. The molecule has 0 saturated carbocycles. The van der Waals surface area contributed by atoms with Crippen LogP contribution in [0, 0.1) is 23.0 Å². The molecule has 0 radical (unpaired) electrons. The van der Waals surface area contributed by atoms with Gasteiger partial charge in [0.1, 0.15) is 12.0 Å². The van der Waals surface area contributed by atoms with Crippen LogP contribution >= 0.6 is 15.9 Å². The van der Waals surface area contributed by atoms with Gasteiger partial charge in [-0.25, -0.2) is 4.98 Å². The van der Waals surface area contributed by atoms with Crippen molar-refractivity contribution >= 4 is 27.4 Å². The molecule has 0 aliphatic carbocycles. The van der Waals surface area contributed by atoms with E-state index < -0.39 is 4.92 Å². The molecule has 0 saturated heterocycles. The van der Waals surface area contributed by atoms with Gasteiger partial charge in [0.05, 0.1) is 9.40 Å². The van der Waals surface area contributed by atoms with Gasteiger partial charge >= 0.3 is 0 Å². The predicted molar refractivity (Wildman–Crippen MR) is 77.3 cm³/mol. The van der Waals surface area contributed by atoms with E-state index in [4.69, 9.17) is 5.11 Å². The summed E-state index contributed by atoms with van der Waals surface area (Å²) in [5.74, 6) is 0.900. The highest BCUT2D eigenvalue weighted by molar-refractivity contribution is 9.10. The normalized spacial score (nSPS) is 12.2. The van der Waals surface area contributed by atoms with Crippen molar-refractivity contribution in [2.45, 2.75) is 26.7 Å². The van der Waals surface area contributed by atoms with Gasteiger partial charge in [-0.3, -0.25) is 10.1 Å². The van der Waals surface area contributed by atoms with E-state index in [-0.39, 0.29) is 18.2 Å². The lowest BCUT2D eigenvalue weighted by Crippen LogP contribution is -2.08. The van der Waals surface area contributed by atoms with E-state index in [1.807, 2.05) is 6.92 Å². The number of rotatable bonds is 7. The topological polar surface area (TPSA) is 88.3 Å². The second kappa shape index (κ2) is 7.40. The van der Waals surface area contributed by atoms with E-state index >= 15 is 0 Å². The Morgan fingerprint density at radius 2 is 2.32 bits per heavy atom. The van der Waals surface area contributed by atoms with Gasteiger partial charge in [-0.2, -0.15) is 0 Å². The highest BCUT2D eigenvalue weighted by atomic mass is 79.9. The summed E-state index contributed by atoms with van der Waals surface area (Å²) in [7, 11) is 0. The Bertz CT molecular complexity index is 454. The molecule has 106 valence electrons. The van der Waals surface area contributed by atoms with Crippen LogP contribution in [0.4, 0.5) is 11.5 Å². The first-order valence-corrected chi connectivity index (χ1v) is 6.90. The first-order valence-electron chi connectivity index (χ1n) is 6.11. The van der Waals surface area contributed by atoms with Crippen LogP contribution in [0.1, 0.15) is 25.3 Å². The SMILES string of the molecule is Cc1c([N+](=O)[O-])cnc(NCCCC(C)CO)c1Br. The fourth-order valence-electron chi connectivity index (χ4n) is 1.63. The van der Waals surface area contributed by atoms with Crippen LogP contribution in [0.2, 0.25) is 0 Å². The molecule has 6 nitrogen and oxygen atoms in total. The van der Waals surface area contributed by atoms with Crippen molar-refractivity contribution in [1.29, 1.82) is 0 Å². The summed E-state index contributed by atoms with van der Waals surface area (Å²) < 4.78 is 0.622. The zero-order valence-electron chi connectivity index (χ0n) is 11.0. The van der Waals surface area contributed by atoms with Crippen LogP contribution in [-0.4, -0.2) is 28.2 Å². The number of nitrogens with one attached hydrogen (secondary N) is 1. The smallest absolute Gasteiger partial charge is 0.291 e. The zero-order chi connectivity index (χ0) is 14.4. The minimum Gasteiger partial charge on any atom is -0.396 e. The average Bonchev–Trinajstić information content (AvgIpc) is 2.38. The quantitative estimate of drug-likeness (QED) is 0.455. The van der Waals surface area contributed by atoms with Crippen molar-refractivity contribution in [2.75, 3.05) is 18.5 Å². The van der Waals surface area contributed by atoms with E-state index in [2.05, 4.69) is 26.2 Å². The van der Waals surface area contributed by atoms with Gasteiger partial charge in [-0.05, 0) is 41.6 Å². The van der Waals surface area contributed by atoms with Gasteiger partial charge in [0, 0.05) is 18.7 Å². The van der Waals surface area contributed by atoms with Crippen LogP contribution in [0.25, 0.3) is 0 Å². The fraction of sp³-hybridized carbons (Fsp3) is 0.583. The second-order valence-electron chi connectivity index (χ2n) is 4.54. The second-order valence-corrected chi connectivity index (χ2v) is 5.34. The first kappa shape index (κ1) is 15.8. The number of hydrogen-bond acceptors (Lipinski definition) is 5. The molecule has 1 aromatic heterocycles. The van der Waals surface area contributed by atoms with Crippen LogP contribution < -0.4 is 5.32 Å². The Balaban J connectivity index is 2.60. The lowest BCUT2D eigenvalue weighted by atomic mass is 10.1. The Hall–Kier alpha value is -1.21. The van der Waals surface area contributed by atoms with Crippen molar-refractivity contribution in [3.63, 3.8) is 0 Å². The van der Waals surface area contributed by atoms with Crippen LogP contribution in [0.5, 0.6) is 0 Å². The fourth-order valence-corrected chi connectivity index (χ4v) is 2.07. The van der Waals surface area contributed by atoms with Gasteiger partial charge in [-0.15, -0.1) is 0 Å². The van der Waals surface area contributed by atoms with Crippen molar-refractivity contribution < 1.29 is 10.0 Å². The minimum atomic E-state index is -0.445. The largest absolute Gasteiger partial charge is 0.396 e. The number of nitrogens with zero attached hydrogens (tertiary/aromatic N) is 2. The molecule has 19 heavy (non-hydrogen) atoms. The maximum atomic E-state index is 10.8. The number of pyridine rings is 1. The van der Waals surface area contributed by atoms with E-state index in [0.29, 0.717) is 22.4 Å². The van der Waals surface area contributed by atoms with Crippen molar-refractivity contribution in [2.24, 2.45) is 5.92 Å². The molecule has 1 unspecified atom stereocenters. The average molecular weight is 332 g/mol. The molecule has 0 aliphatic heterocycles. The Kier molecular flexibility index (Phi) is 6.17. The molecule has 0 aromatic carbocycles. The molecule has 0 spiro atoms. The number of hydrogen-bond donors (Lipinski definition) is 2. The monoisotopic (exact) mass is 331 g/mol. The van der Waals surface area contributed by atoms with Crippen LogP contribution in [0.3, 0.4) is 0 Å². The molecule has 7 heteroatoms. The summed E-state index contributed by atoms with van der Waals surface area (Å²) in [5, 5.41) is 22.8. The zero-order valence-corrected chi connectivity index (χ0v) is 12.6. The van der Waals surface area contributed by atoms with Crippen molar-refractivity contribution in [1.82, 2.24) is 4.98 Å². The molecule has 1 heterocycles. The molecule has 1 aromatic rings. The maximum absolute atomic E-state index is 10.8. The maximum Gasteiger partial charge on any atom is 0.291 e. The lowest BCUT2D eigenvalue weighted by molar-refractivity contribution is -0.385. The molecule has 0 bridgehead atoms. The van der Waals surface area contributed by atoms with Gasteiger partial charge in [0.15, 0.2) is 0 Å². The van der Waals surface area contributed by atoms with E-state index in [9.17, 15) is 10.1 Å². The number of aromatic nitrogens is 1. The van der Waals surface area contributed by atoms with Gasteiger partial charge in [0.2, 0.25) is 0 Å². The van der Waals surface area contributed by atoms with Gasteiger partial charge < -0.3 is 10.4 Å². The summed E-state index contributed by atoms with van der Waals surface area (Å²) >= 11 is 3.32. The minimum absolute atomic E-state index is 0.00586. The van der Waals surface area contributed by atoms with Gasteiger partial charge in [0.25, 0.3) is 5.69 Å². The first-order chi connectivity index (χ1) is 8.97. The standard InChI is InChI=1S/C12H18BrN3O3/c1-8(7-17)4-3-5-14-12-11(13)9(2)10(6-15-12)16(18)19/h6,8,17H,3-5,7H2,1-2H3,(H,14,15). The van der Waals surface area contributed by atoms with E-state index in [0.717, 1.165) is 12.8 Å². The molecular formula is C12H18BrN3O3. The van der Waals surface area contributed by atoms with Crippen LogP contribution in [-0.2, 0) is 0 Å². The third kappa shape index (κ3) is 4.43.